The minimum absolute atomic E-state index is 0.00239. The van der Waals surface area contributed by atoms with Crippen LogP contribution < -0.4 is 10.6 Å². The van der Waals surface area contributed by atoms with Gasteiger partial charge in [0.15, 0.2) is 0 Å². The van der Waals surface area contributed by atoms with Crippen LogP contribution >= 0.6 is 0 Å². The second kappa shape index (κ2) is 6.98. The van der Waals surface area contributed by atoms with Crippen LogP contribution in [0.15, 0.2) is 30.5 Å². The Morgan fingerprint density at radius 1 is 1.23 bits per heavy atom. The van der Waals surface area contributed by atoms with Crippen LogP contribution in [0.2, 0.25) is 0 Å². The van der Waals surface area contributed by atoms with E-state index < -0.39 is 12.1 Å². The molecule has 0 unspecified atom stereocenters. The average molecular weight is 303 g/mol. The highest BCUT2D eigenvalue weighted by atomic mass is 16.5. The van der Waals surface area contributed by atoms with Gasteiger partial charge in [-0.1, -0.05) is 18.2 Å². The molecule has 0 aliphatic rings. The van der Waals surface area contributed by atoms with Crippen molar-refractivity contribution < 1.29 is 14.3 Å². The first kappa shape index (κ1) is 15.9. The lowest BCUT2D eigenvalue weighted by Crippen LogP contribution is -2.49. The van der Waals surface area contributed by atoms with Crippen molar-refractivity contribution >= 4 is 22.9 Å². The Kier molecular flexibility index (Phi) is 5.04. The van der Waals surface area contributed by atoms with Crippen molar-refractivity contribution in [1.29, 1.82) is 0 Å². The number of aromatic nitrogens is 1. The van der Waals surface area contributed by atoms with Crippen LogP contribution in [-0.2, 0) is 16.0 Å². The number of aromatic amines is 1. The van der Waals surface area contributed by atoms with Gasteiger partial charge in [-0.15, -0.1) is 0 Å². The zero-order valence-corrected chi connectivity index (χ0v) is 13.0. The highest BCUT2D eigenvalue weighted by Gasteiger charge is 2.23. The fourth-order valence-corrected chi connectivity index (χ4v) is 2.32. The van der Waals surface area contributed by atoms with Gasteiger partial charge in [0, 0.05) is 29.6 Å². The first-order valence-corrected chi connectivity index (χ1v) is 7.21. The summed E-state index contributed by atoms with van der Waals surface area (Å²) in [6.07, 6.45) is 1.63. The standard InChI is InChI=1S/C16H21N3O3/c1-10(2)18-15(20)14(19-16(21)22-3)8-11-9-17-13-7-5-4-6-12(11)13/h4-7,9-10,14,17H,8H2,1-3H3,(H,18,20)(H,19,21)/t14-/m1/s1. The van der Waals surface area contributed by atoms with Gasteiger partial charge in [0.2, 0.25) is 5.91 Å². The Bertz CT molecular complexity index is 663. The average Bonchev–Trinajstić information content (AvgIpc) is 2.89. The molecule has 118 valence electrons. The molecule has 0 bridgehead atoms. The van der Waals surface area contributed by atoms with Crippen molar-refractivity contribution in [1.82, 2.24) is 15.6 Å². The maximum absolute atomic E-state index is 12.3. The molecule has 1 aromatic carbocycles. The number of ether oxygens (including phenoxy) is 1. The molecule has 0 fully saturated rings. The summed E-state index contributed by atoms with van der Waals surface area (Å²) in [5.74, 6) is -0.231. The van der Waals surface area contributed by atoms with E-state index in [4.69, 9.17) is 0 Å². The van der Waals surface area contributed by atoms with Gasteiger partial charge in [0.25, 0.3) is 0 Å². The smallest absolute Gasteiger partial charge is 0.407 e. The van der Waals surface area contributed by atoms with Crippen molar-refractivity contribution in [3.8, 4) is 0 Å². The van der Waals surface area contributed by atoms with Gasteiger partial charge in [-0.2, -0.15) is 0 Å². The van der Waals surface area contributed by atoms with E-state index in [-0.39, 0.29) is 11.9 Å². The summed E-state index contributed by atoms with van der Waals surface area (Å²) < 4.78 is 4.60. The van der Waals surface area contributed by atoms with E-state index in [9.17, 15) is 9.59 Å². The van der Waals surface area contributed by atoms with E-state index >= 15 is 0 Å². The molecular weight excluding hydrogens is 282 g/mol. The normalized spacial score (nSPS) is 12.2. The Morgan fingerprint density at radius 2 is 1.95 bits per heavy atom. The van der Waals surface area contributed by atoms with Gasteiger partial charge in [-0.25, -0.2) is 4.79 Å². The molecule has 6 heteroatoms. The second-order valence-corrected chi connectivity index (χ2v) is 5.42. The van der Waals surface area contributed by atoms with Gasteiger partial charge in [-0.3, -0.25) is 4.79 Å². The molecule has 0 saturated heterocycles. The highest BCUT2D eigenvalue weighted by molar-refractivity contribution is 5.88. The monoisotopic (exact) mass is 303 g/mol. The first-order chi connectivity index (χ1) is 10.5. The first-order valence-electron chi connectivity index (χ1n) is 7.21. The van der Waals surface area contributed by atoms with Gasteiger partial charge in [0.1, 0.15) is 6.04 Å². The topological polar surface area (TPSA) is 83.2 Å². The van der Waals surface area contributed by atoms with Crippen LogP contribution in [0.25, 0.3) is 10.9 Å². The number of para-hydroxylation sites is 1. The number of rotatable bonds is 5. The summed E-state index contributed by atoms with van der Waals surface area (Å²) in [4.78, 5) is 26.9. The number of H-pyrrole nitrogens is 1. The molecule has 2 rings (SSSR count). The minimum atomic E-state index is -0.686. The van der Waals surface area contributed by atoms with Crippen molar-refractivity contribution in [3.63, 3.8) is 0 Å². The molecule has 0 spiro atoms. The fraction of sp³-hybridized carbons (Fsp3) is 0.375. The van der Waals surface area contributed by atoms with Crippen LogP contribution in [0, 0.1) is 0 Å². The van der Waals surface area contributed by atoms with Crippen LogP contribution in [0.1, 0.15) is 19.4 Å². The van der Waals surface area contributed by atoms with E-state index in [0.717, 1.165) is 16.5 Å². The zero-order chi connectivity index (χ0) is 16.1. The second-order valence-electron chi connectivity index (χ2n) is 5.42. The van der Waals surface area contributed by atoms with E-state index in [2.05, 4.69) is 20.4 Å². The lowest BCUT2D eigenvalue weighted by atomic mass is 10.0. The predicted molar refractivity (Wildman–Crippen MR) is 84.6 cm³/mol. The number of methoxy groups -OCH3 is 1. The number of nitrogens with one attached hydrogen (secondary N) is 3. The number of hydrogen-bond acceptors (Lipinski definition) is 3. The number of amides is 2. The predicted octanol–water partition coefficient (Wildman–Crippen LogP) is 1.96. The minimum Gasteiger partial charge on any atom is -0.453 e. The molecule has 0 radical (unpaired) electrons. The maximum atomic E-state index is 12.3. The van der Waals surface area contributed by atoms with Crippen LogP contribution in [-0.4, -0.2) is 36.2 Å². The summed E-state index contributed by atoms with van der Waals surface area (Å²) in [6, 6.07) is 7.15. The molecule has 1 atom stereocenters. The third-order valence-electron chi connectivity index (χ3n) is 3.32. The summed E-state index contributed by atoms with van der Waals surface area (Å²) in [6.45, 7) is 3.75. The molecular formula is C16H21N3O3. The van der Waals surface area contributed by atoms with Gasteiger partial charge in [0.05, 0.1) is 7.11 Å². The third-order valence-corrected chi connectivity index (χ3v) is 3.32. The lowest BCUT2D eigenvalue weighted by molar-refractivity contribution is -0.123. The maximum Gasteiger partial charge on any atom is 0.407 e. The molecule has 1 aromatic heterocycles. The fourth-order valence-electron chi connectivity index (χ4n) is 2.32. The summed E-state index contributed by atoms with van der Waals surface area (Å²) in [7, 11) is 1.28. The van der Waals surface area contributed by atoms with Crippen molar-refractivity contribution in [2.75, 3.05) is 7.11 Å². The molecule has 2 aromatic rings. The third kappa shape index (κ3) is 3.78. The van der Waals surface area contributed by atoms with Crippen molar-refractivity contribution in [2.24, 2.45) is 0 Å². The largest absolute Gasteiger partial charge is 0.453 e. The van der Waals surface area contributed by atoms with Gasteiger partial charge < -0.3 is 20.4 Å². The van der Waals surface area contributed by atoms with E-state index in [0.29, 0.717) is 6.42 Å². The quantitative estimate of drug-likeness (QED) is 0.789. The molecule has 1 heterocycles. The summed E-state index contributed by atoms with van der Waals surface area (Å²) >= 11 is 0. The van der Waals surface area contributed by atoms with E-state index in [1.165, 1.54) is 7.11 Å². The van der Waals surface area contributed by atoms with Gasteiger partial charge >= 0.3 is 6.09 Å². The SMILES string of the molecule is COC(=O)N[C@H](Cc1c[nH]c2ccccc12)C(=O)NC(C)C. The Labute approximate surface area is 129 Å². The molecule has 0 aliphatic heterocycles. The summed E-state index contributed by atoms with van der Waals surface area (Å²) in [5, 5.41) is 6.44. The number of fused-ring (bicyclic) bond motifs is 1. The van der Waals surface area contributed by atoms with Crippen LogP contribution in [0.3, 0.4) is 0 Å². The molecule has 22 heavy (non-hydrogen) atoms. The summed E-state index contributed by atoms with van der Waals surface area (Å²) in [5.41, 5.74) is 1.97. The van der Waals surface area contributed by atoms with E-state index in [1.54, 1.807) is 0 Å². The van der Waals surface area contributed by atoms with Gasteiger partial charge in [-0.05, 0) is 25.5 Å². The number of carbonyl (C=O) groups is 2. The zero-order valence-electron chi connectivity index (χ0n) is 13.0. The molecule has 3 N–H and O–H groups in total. The van der Waals surface area contributed by atoms with Crippen LogP contribution in [0.4, 0.5) is 4.79 Å². The van der Waals surface area contributed by atoms with Crippen molar-refractivity contribution in [3.05, 3.63) is 36.0 Å². The Morgan fingerprint density at radius 3 is 2.64 bits per heavy atom. The molecule has 0 saturated carbocycles. The molecule has 6 nitrogen and oxygen atoms in total. The number of hydrogen-bond donors (Lipinski definition) is 3. The van der Waals surface area contributed by atoms with E-state index in [1.807, 2.05) is 44.3 Å². The molecule has 2 amide bonds. The number of carbonyl (C=O) groups excluding carboxylic acids is 2. The Hall–Kier alpha value is -2.50. The Balaban J connectivity index is 2.21. The van der Waals surface area contributed by atoms with Crippen molar-refractivity contribution in [2.45, 2.75) is 32.4 Å². The highest BCUT2D eigenvalue weighted by Crippen LogP contribution is 2.19. The van der Waals surface area contributed by atoms with Crippen LogP contribution in [0.5, 0.6) is 0 Å². The number of benzene rings is 1. The number of alkyl carbamates (subject to hydrolysis) is 1. The molecule has 0 aliphatic carbocycles. The lowest BCUT2D eigenvalue weighted by Gasteiger charge is -2.19.